The third-order valence-corrected chi connectivity index (χ3v) is 4.11. The van der Waals surface area contributed by atoms with Crippen LogP contribution in [-0.2, 0) is 0 Å². The molecule has 4 nitrogen and oxygen atoms in total. The van der Waals surface area contributed by atoms with Crippen LogP contribution in [0.25, 0.3) is 33.9 Å². The van der Waals surface area contributed by atoms with Crippen molar-refractivity contribution in [3.8, 4) is 33.9 Å². The molecule has 0 aliphatic rings. The topological polar surface area (TPSA) is 58.6 Å². The van der Waals surface area contributed by atoms with Crippen LogP contribution < -0.4 is 0 Å². The summed E-state index contributed by atoms with van der Waals surface area (Å²) in [5.74, 6) is 0.382. The van der Waals surface area contributed by atoms with Gasteiger partial charge in [-0.15, -0.1) is 0 Å². The Morgan fingerprint density at radius 2 is 1.46 bits per heavy atom. The second kappa shape index (κ2) is 6.72. The molecular weight excluding hydrogens is 329 g/mol. The summed E-state index contributed by atoms with van der Waals surface area (Å²) >= 11 is 0. The molecule has 0 aliphatic heterocycles. The van der Waals surface area contributed by atoms with Crippen LogP contribution in [0, 0.1) is 5.82 Å². The van der Waals surface area contributed by atoms with Gasteiger partial charge in [0.05, 0.1) is 11.4 Å². The number of imidazole rings is 1. The molecule has 0 saturated carbocycles. The Labute approximate surface area is 149 Å². The van der Waals surface area contributed by atoms with E-state index in [9.17, 15) is 9.18 Å². The van der Waals surface area contributed by atoms with Crippen molar-refractivity contribution >= 4 is 6.29 Å². The highest BCUT2D eigenvalue weighted by Gasteiger charge is 2.15. The minimum absolute atomic E-state index is 0.292. The summed E-state index contributed by atoms with van der Waals surface area (Å²) < 4.78 is 13.3. The van der Waals surface area contributed by atoms with Crippen molar-refractivity contribution in [1.82, 2.24) is 15.0 Å². The number of aromatic amines is 1. The van der Waals surface area contributed by atoms with Crippen LogP contribution in [-0.4, -0.2) is 21.2 Å². The molecule has 0 fully saturated rings. The van der Waals surface area contributed by atoms with Crippen LogP contribution in [0.2, 0.25) is 0 Å². The van der Waals surface area contributed by atoms with E-state index in [-0.39, 0.29) is 5.82 Å². The predicted molar refractivity (Wildman–Crippen MR) is 98.0 cm³/mol. The first-order chi connectivity index (χ1) is 12.7. The van der Waals surface area contributed by atoms with E-state index in [4.69, 9.17) is 4.98 Å². The van der Waals surface area contributed by atoms with Crippen LogP contribution in [0.1, 0.15) is 10.4 Å². The zero-order valence-electron chi connectivity index (χ0n) is 13.7. The first kappa shape index (κ1) is 15.9. The first-order valence-electron chi connectivity index (χ1n) is 8.06. The van der Waals surface area contributed by atoms with E-state index >= 15 is 0 Å². The number of hydrogen-bond acceptors (Lipinski definition) is 3. The maximum Gasteiger partial charge on any atom is 0.150 e. The number of rotatable bonds is 4. The number of nitrogens with zero attached hydrogens (tertiary/aromatic N) is 2. The monoisotopic (exact) mass is 343 g/mol. The van der Waals surface area contributed by atoms with E-state index in [0.29, 0.717) is 11.4 Å². The highest BCUT2D eigenvalue weighted by Crippen LogP contribution is 2.32. The van der Waals surface area contributed by atoms with E-state index in [2.05, 4.69) is 9.97 Å². The standard InChI is InChI=1S/C21H14FN3O/c22-18-7-5-15(6-8-18)19-20(16-9-11-23-12-10-16)25-21(24-19)17-3-1-14(13-26)2-4-17/h1-13H,(H,24,25). The summed E-state index contributed by atoms with van der Waals surface area (Å²) in [6.07, 6.45) is 4.23. The Balaban J connectivity index is 1.86. The fourth-order valence-corrected chi connectivity index (χ4v) is 2.77. The van der Waals surface area contributed by atoms with Gasteiger partial charge in [-0.2, -0.15) is 0 Å². The van der Waals surface area contributed by atoms with Crippen molar-refractivity contribution < 1.29 is 9.18 Å². The van der Waals surface area contributed by atoms with Gasteiger partial charge >= 0.3 is 0 Å². The van der Waals surface area contributed by atoms with E-state index in [1.54, 1.807) is 36.7 Å². The molecule has 126 valence electrons. The molecular formula is C21H14FN3O. The highest BCUT2D eigenvalue weighted by atomic mass is 19.1. The molecule has 4 rings (SSSR count). The summed E-state index contributed by atoms with van der Waals surface area (Å²) in [6.45, 7) is 0. The maximum absolute atomic E-state index is 13.3. The summed E-state index contributed by atoms with van der Waals surface area (Å²) in [4.78, 5) is 23.0. The molecule has 0 atom stereocenters. The number of aldehydes is 1. The Morgan fingerprint density at radius 1 is 0.808 bits per heavy atom. The van der Waals surface area contributed by atoms with Crippen molar-refractivity contribution in [2.24, 2.45) is 0 Å². The second-order valence-electron chi connectivity index (χ2n) is 5.79. The van der Waals surface area contributed by atoms with Gasteiger partial charge < -0.3 is 4.98 Å². The lowest BCUT2D eigenvalue weighted by molar-refractivity contribution is 0.112. The molecule has 2 aromatic heterocycles. The molecule has 2 aromatic carbocycles. The van der Waals surface area contributed by atoms with Gasteiger partial charge in [0.1, 0.15) is 17.9 Å². The number of carbonyl (C=O) groups is 1. The lowest BCUT2D eigenvalue weighted by atomic mass is 10.1. The lowest BCUT2D eigenvalue weighted by Crippen LogP contribution is -1.84. The Morgan fingerprint density at radius 3 is 2.12 bits per heavy atom. The zero-order valence-corrected chi connectivity index (χ0v) is 13.7. The molecule has 4 aromatic rings. The van der Waals surface area contributed by atoms with Crippen LogP contribution >= 0.6 is 0 Å². The molecule has 5 heteroatoms. The number of halogens is 1. The predicted octanol–water partition coefficient (Wildman–Crippen LogP) is 4.76. The zero-order chi connectivity index (χ0) is 17.9. The number of aromatic nitrogens is 3. The average molecular weight is 343 g/mol. The van der Waals surface area contributed by atoms with Crippen LogP contribution in [0.3, 0.4) is 0 Å². The highest BCUT2D eigenvalue weighted by molar-refractivity contribution is 5.82. The Hall–Kier alpha value is -3.60. The molecule has 0 radical (unpaired) electrons. The quantitative estimate of drug-likeness (QED) is 0.544. The van der Waals surface area contributed by atoms with Crippen molar-refractivity contribution in [1.29, 1.82) is 0 Å². The second-order valence-corrected chi connectivity index (χ2v) is 5.79. The summed E-state index contributed by atoms with van der Waals surface area (Å²) in [6, 6.07) is 17.2. The fourth-order valence-electron chi connectivity index (χ4n) is 2.77. The normalized spacial score (nSPS) is 10.7. The van der Waals surface area contributed by atoms with Gasteiger partial charge in [0, 0.05) is 34.6 Å². The van der Waals surface area contributed by atoms with Gasteiger partial charge in [-0.25, -0.2) is 9.37 Å². The number of carbonyl (C=O) groups excluding carboxylic acids is 1. The summed E-state index contributed by atoms with van der Waals surface area (Å²) in [5.41, 5.74) is 4.76. The SMILES string of the molecule is O=Cc1ccc(-c2nc(-c3ccc(F)cc3)c(-c3ccncc3)[nH]2)cc1. The van der Waals surface area contributed by atoms with Gasteiger partial charge in [0.25, 0.3) is 0 Å². The van der Waals surface area contributed by atoms with E-state index in [1.807, 2.05) is 24.3 Å². The minimum Gasteiger partial charge on any atom is -0.337 e. The maximum atomic E-state index is 13.3. The molecule has 0 unspecified atom stereocenters. The summed E-state index contributed by atoms with van der Waals surface area (Å²) in [5, 5.41) is 0. The van der Waals surface area contributed by atoms with Crippen molar-refractivity contribution in [3.05, 3.63) is 84.4 Å². The molecule has 1 N–H and O–H groups in total. The molecule has 0 spiro atoms. The third kappa shape index (κ3) is 3.02. The smallest absolute Gasteiger partial charge is 0.150 e. The first-order valence-corrected chi connectivity index (χ1v) is 8.06. The van der Waals surface area contributed by atoms with Crippen LogP contribution in [0.4, 0.5) is 4.39 Å². The average Bonchev–Trinajstić information content (AvgIpc) is 3.15. The van der Waals surface area contributed by atoms with E-state index < -0.39 is 0 Å². The number of hydrogen-bond donors (Lipinski definition) is 1. The van der Waals surface area contributed by atoms with Crippen LogP contribution in [0.15, 0.2) is 73.1 Å². The Kier molecular flexibility index (Phi) is 4.11. The number of pyridine rings is 1. The minimum atomic E-state index is -0.292. The summed E-state index contributed by atoms with van der Waals surface area (Å²) in [7, 11) is 0. The largest absolute Gasteiger partial charge is 0.337 e. The van der Waals surface area contributed by atoms with Crippen molar-refractivity contribution in [2.75, 3.05) is 0 Å². The number of benzene rings is 2. The van der Waals surface area contributed by atoms with E-state index in [1.165, 1.54) is 12.1 Å². The lowest BCUT2D eigenvalue weighted by Gasteiger charge is -2.02. The van der Waals surface area contributed by atoms with Gasteiger partial charge in [0.15, 0.2) is 0 Å². The number of nitrogens with one attached hydrogen (secondary N) is 1. The van der Waals surface area contributed by atoms with Gasteiger partial charge in [-0.3, -0.25) is 9.78 Å². The third-order valence-electron chi connectivity index (χ3n) is 4.11. The molecule has 0 saturated heterocycles. The number of H-pyrrole nitrogens is 1. The molecule has 0 amide bonds. The van der Waals surface area contributed by atoms with Crippen LogP contribution in [0.5, 0.6) is 0 Å². The molecule has 0 aliphatic carbocycles. The fraction of sp³-hybridized carbons (Fsp3) is 0. The van der Waals surface area contributed by atoms with Crippen molar-refractivity contribution in [3.63, 3.8) is 0 Å². The molecule has 2 heterocycles. The molecule has 26 heavy (non-hydrogen) atoms. The van der Waals surface area contributed by atoms with E-state index in [0.717, 1.165) is 34.4 Å². The Bertz CT molecular complexity index is 1040. The van der Waals surface area contributed by atoms with Gasteiger partial charge in [-0.05, 0) is 36.4 Å². The van der Waals surface area contributed by atoms with Gasteiger partial charge in [-0.1, -0.05) is 24.3 Å². The van der Waals surface area contributed by atoms with Gasteiger partial charge in [0.2, 0.25) is 0 Å². The molecule has 0 bridgehead atoms. The van der Waals surface area contributed by atoms with Crippen molar-refractivity contribution in [2.45, 2.75) is 0 Å².